The largest absolute Gasteiger partial charge is 0.386 e. The van der Waals surface area contributed by atoms with Gasteiger partial charge in [-0.3, -0.25) is 14.9 Å². The summed E-state index contributed by atoms with van der Waals surface area (Å²) in [5, 5.41) is 23.3. The first kappa shape index (κ1) is 16.4. The fourth-order valence-electron chi connectivity index (χ4n) is 1.58. The summed E-state index contributed by atoms with van der Waals surface area (Å²) >= 11 is 5.73. The van der Waals surface area contributed by atoms with Crippen LogP contribution in [0.5, 0.6) is 0 Å². The van der Waals surface area contributed by atoms with Crippen molar-refractivity contribution >= 4 is 23.2 Å². The highest BCUT2D eigenvalue weighted by Gasteiger charge is 2.24. The van der Waals surface area contributed by atoms with Gasteiger partial charge < -0.3 is 15.2 Å². The van der Waals surface area contributed by atoms with E-state index in [-0.39, 0.29) is 29.4 Å². The van der Waals surface area contributed by atoms with Crippen LogP contribution in [0.25, 0.3) is 0 Å². The van der Waals surface area contributed by atoms with E-state index in [4.69, 9.17) is 16.3 Å². The third-order valence-electron chi connectivity index (χ3n) is 2.48. The second kappa shape index (κ2) is 6.65. The van der Waals surface area contributed by atoms with Gasteiger partial charge >= 0.3 is 0 Å². The van der Waals surface area contributed by atoms with E-state index in [0.717, 1.165) is 6.07 Å². The lowest BCUT2D eigenvalue weighted by Crippen LogP contribution is -2.43. The van der Waals surface area contributed by atoms with E-state index in [1.807, 2.05) is 0 Å². The van der Waals surface area contributed by atoms with E-state index in [1.165, 1.54) is 26.2 Å². The van der Waals surface area contributed by atoms with Crippen LogP contribution in [0.2, 0.25) is 5.02 Å². The van der Waals surface area contributed by atoms with Gasteiger partial charge in [0.25, 0.3) is 11.6 Å². The molecule has 0 heterocycles. The van der Waals surface area contributed by atoms with Gasteiger partial charge in [0.05, 0.1) is 11.5 Å². The van der Waals surface area contributed by atoms with E-state index in [2.05, 4.69) is 5.32 Å². The summed E-state index contributed by atoms with van der Waals surface area (Å²) in [5.74, 6) is -0.685. The van der Waals surface area contributed by atoms with Crippen molar-refractivity contribution in [2.24, 2.45) is 0 Å². The van der Waals surface area contributed by atoms with Gasteiger partial charge in [-0.05, 0) is 19.1 Å². The van der Waals surface area contributed by atoms with E-state index >= 15 is 0 Å². The number of halogens is 1. The molecule has 0 saturated carbocycles. The van der Waals surface area contributed by atoms with Crippen LogP contribution in [-0.2, 0) is 4.74 Å². The molecule has 0 aliphatic carbocycles. The molecule has 20 heavy (non-hydrogen) atoms. The van der Waals surface area contributed by atoms with Gasteiger partial charge in [0.1, 0.15) is 11.2 Å². The Bertz CT molecular complexity index is 519. The summed E-state index contributed by atoms with van der Waals surface area (Å²) in [6.45, 7) is 1.39. The number of ether oxygens (including phenoxy) is 1. The Morgan fingerprint density at radius 1 is 1.60 bits per heavy atom. The van der Waals surface area contributed by atoms with Gasteiger partial charge in [0.15, 0.2) is 0 Å². The van der Waals surface area contributed by atoms with E-state index in [0.29, 0.717) is 0 Å². The first-order valence-electron chi connectivity index (χ1n) is 5.70. The molecule has 0 saturated heterocycles. The molecule has 2 N–H and O–H groups in total. The number of nitrogens with zero attached hydrogens (tertiary/aromatic N) is 1. The Morgan fingerprint density at radius 2 is 2.25 bits per heavy atom. The quantitative estimate of drug-likeness (QED) is 0.610. The lowest BCUT2D eigenvalue weighted by Gasteiger charge is -2.22. The molecule has 0 radical (unpaired) electrons. The zero-order valence-electron chi connectivity index (χ0n) is 11.1. The van der Waals surface area contributed by atoms with Crippen molar-refractivity contribution in [1.29, 1.82) is 0 Å². The first-order valence-corrected chi connectivity index (χ1v) is 6.08. The molecule has 0 aliphatic heterocycles. The average Bonchev–Trinajstić information content (AvgIpc) is 2.35. The number of benzene rings is 1. The number of carbonyl (C=O) groups excluding carboxylic acids is 1. The summed E-state index contributed by atoms with van der Waals surface area (Å²) in [5.41, 5.74) is -1.77. The molecule has 1 atom stereocenters. The second-order valence-corrected chi connectivity index (χ2v) is 4.97. The number of hydrogen-bond acceptors (Lipinski definition) is 5. The van der Waals surface area contributed by atoms with Crippen molar-refractivity contribution in [3.05, 3.63) is 38.9 Å². The molecule has 7 nitrogen and oxygen atoms in total. The molecule has 1 aromatic carbocycles. The summed E-state index contributed by atoms with van der Waals surface area (Å²) in [7, 11) is 1.41. The van der Waals surface area contributed by atoms with Crippen molar-refractivity contribution in [2.75, 3.05) is 20.3 Å². The van der Waals surface area contributed by atoms with Crippen LogP contribution in [0.1, 0.15) is 17.3 Å². The SMILES string of the molecule is COCC(C)(O)CNC(=O)c1cc(Cl)ccc1[N+](=O)[O-]. The maximum atomic E-state index is 11.9. The van der Waals surface area contributed by atoms with Crippen molar-refractivity contribution in [1.82, 2.24) is 5.32 Å². The van der Waals surface area contributed by atoms with Crippen LogP contribution in [0, 0.1) is 10.1 Å². The Kier molecular flexibility index (Phi) is 5.43. The predicted molar refractivity (Wildman–Crippen MR) is 72.9 cm³/mol. The summed E-state index contributed by atoms with van der Waals surface area (Å²) in [6, 6.07) is 3.70. The lowest BCUT2D eigenvalue weighted by atomic mass is 10.1. The van der Waals surface area contributed by atoms with Crippen molar-refractivity contribution in [2.45, 2.75) is 12.5 Å². The average molecular weight is 303 g/mol. The van der Waals surface area contributed by atoms with Crippen LogP contribution in [0.3, 0.4) is 0 Å². The first-order chi connectivity index (χ1) is 9.26. The maximum Gasteiger partial charge on any atom is 0.282 e. The molecular weight excluding hydrogens is 288 g/mol. The zero-order chi connectivity index (χ0) is 15.3. The summed E-state index contributed by atoms with van der Waals surface area (Å²) in [4.78, 5) is 22.1. The van der Waals surface area contributed by atoms with Crippen LogP contribution in [-0.4, -0.2) is 41.8 Å². The number of methoxy groups -OCH3 is 1. The maximum absolute atomic E-state index is 11.9. The molecule has 1 amide bonds. The number of nitro groups is 1. The van der Waals surface area contributed by atoms with E-state index in [1.54, 1.807) is 0 Å². The Balaban J connectivity index is 2.87. The fraction of sp³-hybridized carbons (Fsp3) is 0.417. The van der Waals surface area contributed by atoms with Crippen molar-refractivity contribution in [3.63, 3.8) is 0 Å². The molecule has 0 bridgehead atoms. The number of hydrogen-bond donors (Lipinski definition) is 2. The number of nitrogens with one attached hydrogen (secondary N) is 1. The van der Waals surface area contributed by atoms with Crippen LogP contribution in [0.15, 0.2) is 18.2 Å². The second-order valence-electron chi connectivity index (χ2n) is 4.53. The zero-order valence-corrected chi connectivity index (χ0v) is 11.8. The van der Waals surface area contributed by atoms with Crippen LogP contribution < -0.4 is 5.32 Å². The minimum Gasteiger partial charge on any atom is -0.386 e. The summed E-state index contributed by atoms with van der Waals surface area (Å²) < 4.78 is 4.80. The topological polar surface area (TPSA) is 102 Å². The number of aliphatic hydroxyl groups is 1. The molecule has 0 aliphatic rings. The monoisotopic (exact) mass is 302 g/mol. The predicted octanol–water partition coefficient (Wildman–Crippen LogP) is 1.38. The van der Waals surface area contributed by atoms with Crippen molar-refractivity contribution in [3.8, 4) is 0 Å². The number of nitro benzene ring substituents is 1. The van der Waals surface area contributed by atoms with Gasteiger partial charge in [0, 0.05) is 24.7 Å². The van der Waals surface area contributed by atoms with Gasteiger partial charge in [0.2, 0.25) is 0 Å². The molecule has 0 fully saturated rings. The van der Waals surface area contributed by atoms with Gasteiger partial charge in [-0.25, -0.2) is 0 Å². The Hall–Kier alpha value is -1.70. The summed E-state index contributed by atoms with van der Waals surface area (Å²) in [6.07, 6.45) is 0. The van der Waals surface area contributed by atoms with E-state index in [9.17, 15) is 20.0 Å². The molecule has 0 aromatic heterocycles. The molecular formula is C12H15ClN2O5. The van der Waals surface area contributed by atoms with Crippen LogP contribution in [0.4, 0.5) is 5.69 Å². The Morgan fingerprint density at radius 3 is 2.80 bits per heavy atom. The molecule has 1 unspecified atom stereocenters. The third-order valence-corrected chi connectivity index (χ3v) is 2.72. The highest BCUT2D eigenvalue weighted by Crippen LogP contribution is 2.22. The number of carbonyl (C=O) groups is 1. The van der Waals surface area contributed by atoms with Crippen molar-refractivity contribution < 1.29 is 19.6 Å². The third kappa shape index (κ3) is 4.44. The van der Waals surface area contributed by atoms with Gasteiger partial charge in [-0.15, -0.1) is 0 Å². The smallest absolute Gasteiger partial charge is 0.282 e. The normalized spacial score (nSPS) is 13.6. The molecule has 1 rings (SSSR count). The minimum atomic E-state index is -1.27. The minimum absolute atomic E-state index is 0.0188. The highest BCUT2D eigenvalue weighted by molar-refractivity contribution is 6.31. The van der Waals surface area contributed by atoms with Crippen LogP contribution >= 0.6 is 11.6 Å². The number of amides is 1. The lowest BCUT2D eigenvalue weighted by molar-refractivity contribution is -0.385. The Labute approximate surface area is 120 Å². The molecule has 1 aromatic rings. The van der Waals surface area contributed by atoms with Gasteiger partial charge in [-0.1, -0.05) is 11.6 Å². The van der Waals surface area contributed by atoms with Gasteiger partial charge in [-0.2, -0.15) is 0 Å². The highest BCUT2D eigenvalue weighted by atomic mass is 35.5. The molecule has 8 heteroatoms. The molecule has 110 valence electrons. The van der Waals surface area contributed by atoms with E-state index < -0.39 is 16.4 Å². The molecule has 0 spiro atoms. The number of rotatable bonds is 6. The fourth-order valence-corrected chi connectivity index (χ4v) is 1.75. The standard InChI is InChI=1S/C12H15ClN2O5/c1-12(17,7-20-2)6-14-11(16)9-5-8(13)3-4-10(9)15(18)19/h3-5,17H,6-7H2,1-2H3,(H,14,16).